The molecule has 0 aliphatic carbocycles. The Labute approximate surface area is 138 Å². The van der Waals surface area contributed by atoms with Crippen LogP contribution in [0.4, 0.5) is 11.8 Å². The molecule has 124 valence electrons. The number of nitrogen functional groups attached to an aromatic ring is 2. The lowest BCUT2D eigenvalue weighted by Crippen LogP contribution is -2.00. The van der Waals surface area contributed by atoms with Crippen molar-refractivity contribution in [2.24, 2.45) is 0 Å². The third kappa shape index (κ3) is 3.29. The number of H-pyrrole nitrogens is 1. The number of rotatable bonds is 6. The van der Waals surface area contributed by atoms with E-state index in [1.54, 1.807) is 12.1 Å². The zero-order chi connectivity index (χ0) is 17.1. The number of fused-ring (bicyclic) bond motifs is 1. The molecule has 0 spiro atoms. The number of aromatic amines is 1. The second-order valence-electron chi connectivity index (χ2n) is 5.71. The SMILES string of the molecule is Nc1nc(N)c2c(CCCCc3ccc(C(=O)O)cc3)c[nH]c2n1. The standard InChI is InChI=1S/C17H19N5O2/c18-14-13-12(9-20-15(13)22-17(19)21-14)4-2-1-3-10-5-7-11(8-6-10)16(23)24/h5-9H,1-4H2,(H,23,24)(H5,18,19,20,21,22). The van der Waals surface area contributed by atoms with E-state index in [0.29, 0.717) is 17.0 Å². The lowest BCUT2D eigenvalue weighted by molar-refractivity contribution is 0.0697. The zero-order valence-corrected chi connectivity index (χ0v) is 13.1. The summed E-state index contributed by atoms with van der Waals surface area (Å²) >= 11 is 0. The second kappa shape index (κ2) is 6.57. The van der Waals surface area contributed by atoms with Gasteiger partial charge in [0, 0.05) is 6.20 Å². The van der Waals surface area contributed by atoms with E-state index in [1.165, 1.54) is 0 Å². The minimum atomic E-state index is -0.902. The molecule has 0 unspecified atom stereocenters. The molecule has 7 nitrogen and oxygen atoms in total. The summed E-state index contributed by atoms with van der Waals surface area (Å²) in [6.07, 6.45) is 5.65. The third-order valence-corrected chi connectivity index (χ3v) is 4.02. The number of nitrogens with two attached hydrogens (primary N) is 2. The van der Waals surface area contributed by atoms with Gasteiger partial charge in [-0.05, 0) is 48.9 Å². The van der Waals surface area contributed by atoms with Crippen LogP contribution in [0.5, 0.6) is 0 Å². The highest BCUT2D eigenvalue weighted by Gasteiger charge is 2.10. The molecule has 0 radical (unpaired) electrons. The smallest absolute Gasteiger partial charge is 0.335 e. The Bertz CT molecular complexity index is 871. The van der Waals surface area contributed by atoms with E-state index in [0.717, 1.165) is 42.2 Å². The topological polar surface area (TPSA) is 131 Å². The Balaban J connectivity index is 1.58. The van der Waals surface area contributed by atoms with Crippen molar-refractivity contribution >= 4 is 28.8 Å². The van der Waals surface area contributed by atoms with Crippen molar-refractivity contribution in [3.8, 4) is 0 Å². The Hall–Kier alpha value is -3.09. The van der Waals surface area contributed by atoms with Crippen molar-refractivity contribution in [3.63, 3.8) is 0 Å². The summed E-state index contributed by atoms with van der Waals surface area (Å²) in [6.45, 7) is 0. The number of aryl methyl sites for hydroxylation is 2. The Morgan fingerprint density at radius 2 is 1.79 bits per heavy atom. The first-order valence-corrected chi connectivity index (χ1v) is 7.76. The van der Waals surface area contributed by atoms with E-state index in [9.17, 15) is 4.79 Å². The van der Waals surface area contributed by atoms with Crippen LogP contribution in [0.15, 0.2) is 30.5 Å². The highest BCUT2D eigenvalue weighted by Crippen LogP contribution is 2.24. The van der Waals surface area contributed by atoms with Gasteiger partial charge in [0.1, 0.15) is 11.5 Å². The van der Waals surface area contributed by atoms with Gasteiger partial charge in [-0.3, -0.25) is 0 Å². The summed E-state index contributed by atoms with van der Waals surface area (Å²) in [5.74, 6) is -0.336. The van der Waals surface area contributed by atoms with Crippen LogP contribution in [0.25, 0.3) is 11.0 Å². The quantitative estimate of drug-likeness (QED) is 0.515. The molecular formula is C17H19N5O2. The van der Waals surface area contributed by atoms with E-state index < -0.39 is 5.97 Å². The lowest BCUT2D eigenvalue weighted by Gasteiger charge is -2.04. The van der Waals surface area contributed by atoms with Crippen LogP contribution in [-0.4, -0.2) is 26.0 Å². The van der Waals surface area contributed by atoms with Crippen molar-refractivity contribution in [2.45, 2.75) is 25.7 Å². The molecule has 0 aliphatic rings. The fraction of sp³-hybridized carbons (Fsp3) is 0.235. The predicted molar refractivity (Wildman–Crippen MR) is 92.8 cm³/mol. The Kier molecular flexibility index (Phi) is 4.33. The van der Waals surface area contributed by atoms with Gasteiger partial charge in [0.2, 0.25) is 5.95 Å². The Morgan fingerprint density at radius 3 is 2.50 bits per heavy atom. The molecule has 3 rings (SSSR count). The first-order chi connectivity index (χ1) is 11.5. The molecule has 6 N–H and O–H groups in total. The molecule has 0 amide bonds. The number of hydrogen-bond donors (Lipinski definition) is 4. The maximum absolute atomic E-state index is 10.8. The maximum Gasteiger partial charge on any atom is 0.335 e. The zero-order valence-electron chi connectivity index (χ0n) is 13.1. The molecule has 1 aromatic carbocycles. The Morgan fingerprint density at radius 1 is 1.08 bits per heavy atom. The van der Waals surface area contributed by atoms with Crippen molar-refractivity contribution in [1.29, 1.82) is 0 Å². The van der Waals surface area contributed by atoms with Gasteiger partial charge < -0.3 is 21.6 Å². The van der Waals surface area contributed by atoms with Gasteiger partial charge >= 0.3 is 5.97 Å². The summed E-state index contributed by atoms with van der Waals surface area (Å²) < 4.78 is 0. The van der Waals surface area contributed by atoms with Crippen molar-refractivity contribution in [2.75, 3.05) is 11.5 Å². The van der Waals surface area contributed by atoms with Crippen LogP contribution in [0, 0.1) is 0 Å². The number of aromatic nitrogens is 3. The monoisotopic (exact) mass is 325 g/mol. The van der Waals surface area contributed by atoms with Crippen LogP contribution in [0.3, 0.4) is 0 Å². The minimum Gasteiger partial charge on any atom is -0.478 e. The average molecular weight is 325 g/mol. The molecule has 3 aromatic rings. The number of carboxylic acids is 1. The van der Waals surface area contributed by atoms with Crippen LogP contribution >= 0.6 is 0 Å². The highest BCUT2D eigenvalue weighted by molar-refractivity contribution is 5.90. The van der Waals surface area contributed by atoms with Gasteiger partial charge in [0.15, 0.2) is 0 Å². The number of anilines is 2. The number of carboxylic acid groups (broad SMARTS) is 1. The van der Waals surface area contributed by atoms with Gasteiger partial charge in [-0.2, -0.15) is 9.97 Å². The highest BCUT2D eigenvalue weighted by atomic mass is 16.4. The fourth-order valence-electron chi connectivity index (χ4n) is 2.80. The first-order valence-electron chi connectivity index (χ1n) is 7.76. The largest absolute Gasteiger partial charge is 0.478 e. The average Bonchev–Trinajstić information content (AvgIpc) is 2.95. The molecule has 2 aromatic heterocycles. The van der Waals surface area contributed by atoms with Gasteiger partial charge in [-0.1, -0.05) is 12.1 Å². The number of nitrogens with one attached hydrogen (secondary N) is 1. The minimum absolute atomic E-state index is 0.165. The van der Waals surface area contributed by atoms with Gasteiger partial charge in [0.25, 0.3) is 0 Å². The molecule has 0 fully saturated rings. The molecule has 24 heavy (non-hydrogen) atoms. The van der Waals surface area contributed by atoms with E-state index in [-0.39, 0.29) is 5.95 Å². The molecule has 0 saturated heterocycles. The lowest BCUT2D eigenvalue weighted by atomic mass is 10.0. The summed E-state index contributed by atoms with van der Waals surface area (Å²) in [7, 11) is 0. The number of unbranched alkanes of at least 4 members (excludes halogenated alkanes) is 1. The van der Waals surface area contributed by atoms with Crippen LogP contribution in [0.2, 0.25) is 0 Å². The summed E-state index contributed by atoms with van der Waals surface area (Å²) in [4.78, 5) is 22.1. The first kappa shape index (κ1) is 15.8. The number of hydrogen-bond acceptors (Lipinski definition) is 5. The normalized spacial score (nSPS) is 11.0. The molecule has 7 heteroatoms. The molecule has 0 saturated carbocycles. The van der Waals surface area contributed by atoms with E-state index >= 15 is 0 Å². The molecule has 0 aliphatic heterocycles. The van der Waals surface area contributed by atoms with Gasteiger partial charge in [-0.15, -0.1) is 0 Å². The number of benzene rings is 1. The number of aromatic carboxylic acids is 1. The van der Waals surface area contributed by atoms with Crippen molar-refractivity contribution in [1.82, 2.24) is 15.0 Å². The third-order valence-electron chi connectivity index (χ3n) is 4.02. The van der Waals surface area contributed by atoms with Crippen molar-refractivity contribution < 1.29 is 9.90 Å². The van der Waals surface area contributed by atoms with Crippen molar-refractivity contribution in [3.05, 3.63) is 47.2 Å². The summed E-state index contributed by atoms with van der Waals surface area (Å²) in [5.41, 5.74) is 14.7. The molecule has 0 atom stereocenters. The van der Waals surface area contributed by atoms with Crippen LogP contribution in [0.1, 0.15) is 34.3 Å². The molecule has 0 bridgehead atoms. The summed E-state index contributed by atoms with van der Waals surface area (Å²) in [6, 6.07) is 7.01. The van der Waals surface area contributed by atoms with E-state index in [2.05, 4.69) is 15.0 Å². The molecule has 2 heterocycles. The van der Waals surface area contributed by atoms with Crippen LogP contribution < -0.4 is 11.5 Å². The van der Waals surface area contributed by atoms with Crippen LogP contribution in [-0.2, 0) is 12.8 Å². The molecular weight excluding hydrogens is 306 g/mol. The van der Waals surface area contributed by atoms with Gasteiger partial charge in [-0.25, -0.2) is 4.79 Å². The summed E-state index contributed by atoms with van der Waals surface area (Å²) in [5, 5.41) is 9.73. The fourth-order valence-corrected chi connectivity index (χ4v) is 2.80. The second-order valence-corrected chi connectivity index (χ2v) is 5.71. The number of nitrogens with zero attached hydrogens (tertiary/aromatic N) is 2. The predicted octanol–water partition coefficient (Wildman–Crippen LogP) is 2.39. The van der Waals surface area contributed by atoms with E-state index in [1.807, 2.05) is 18.3 Å². The maximum atomic E-state index is 10.8. The number of carbonyl (C=O) groups is 1. The van der Waals surface area contributed by atoms with E-state index in [4.69, 9.17) is 16.6 Å². The van der Waals surface area contributed by atoms with Gasteiger partial charge in [0.05, 0.1) is 10.9 Å².